The van der Waals surface area contributed by atoms with Gasteiger partial charge in [-0.3, -0.25) is 4.79 Å². The van der Waals surface area contributed by atoms with Gasteiger partial charge in [-0.1, -0.05) is 18.5 Å². The summed E-state index contributed by atoms with van der Waals surface area (Å²) in [6, 6.07) is -0.381. The van der Waals surface area contributed by atoms with Gasteiger partial charge in [-0.05, 0) is 13.8 Å². The molecule has 21 heavy (non-hydrogen) atoms. The van der Waals surface area contributed by atoms with E-state index in [9.17, 15) is 4.79 Å². The van der Waals surface area contributed by atoms with Crippen LogP contribution in [0.3, 0.4) is 0 Å². The van der Waals surface area contributed by atoms with Gasteiger partial charge >= 0.3 is 0 Å². The first-order chi connectivity index (χ1) is 10.1. The van der Waals surface area contributed by atoms with Gasteiger partial charge < -0.3 is 15.0 Å². The lowest BCUT2D eigenvalue weighted by Crippen LogP contribution is -2.54. The zero-order chi connectivity index (χ0) is 15.4. The molecule has 1 aliphatic rings. The molecule has 0 saturated carbocycles. The van der Waals surface area contributed by atoms with Gasteiger partial charge in [0.2, 0.25) is 5.91 Å². The second-order valence-corrected chi connectivity index (χ2v) is 5.27. The number of likely N-dealkylation sites (N-methyl/N-ethyl adjacent to an activating group) is 1. The molecular formula is C14H21ClN4O2. The summed E-state index contributed by atoms with van der Waals surface area (Å²) < 4.78 is 5.45. The number of aryl methyl sites for hydroxylation is 1. The summed E-state index contributed by atoms with van der Waals surface area (Å²) >= 11 is 6.20. The molecule has 1 N–H and O–H groups in total. The van der Waals surface area contributed by atoms with Crippen molar-refractivity contribution in [2.75, 3.05) is 31.2 Å². The van der Waals surface area contributed by atoms with E-state index in [1.54, 1.807) is 0 Å². The summed E-state index contributed by atoms with van der Waals surface area (Å²) in [5, 5.41) is 3.28. The minimum Gasteiger partial charge on any atom is -0.377 e. The van der Waals surface area contributed by atoms with E-state index in [1.807, 2.05) is 25.7 Å². The lowest BCUT2D eigenvalue weighted by molar-refractivity contribution is -0.124. The standard InChI is InChI=1S/C14H21ClN4O2/c1-4-11-17-12(15)9(3)13(18-11)19-6-7-21-8-10(19)14(20)16-5-2/h10H,4-8H2,1-3H3,(H,16,20). The van der Waals surface area contributed by atoms with E-state index in [4.69, 9.17) is 16.3 Å². The number of hydrogen-bond donors (Lipinski definition) is 1. The third kappa shape index (κ3) is 3.44. The van der Waals surface area contributed by atoms with Crippen LogP contribution in [0.25, 0.3) is 0 Å². The van der Waals surface area contributed by atoms with E-state index < -0.39 is 0 Å². The zero-order valence-corrected chi connectivity index (χ0v) is 13.4. The van der Waals surface area contributed by atoms with Crippen LogP contribution in [0.5, 0.6) is 0 Å². The lowest BCUT2D eigenvalue weighted by Gasteiger charge is -2.36. The Morgan fingerprint density at radius 3 is 2.90 bits per heavy atom. The highest BCUT2D eigenvalue weighted by atomic mass is 35.5. The Bertz CT molecular complexity index is 524. The fraction of sp³-hybridized carbons (Fsp3) is 0.643. The van der Waals surface area contributed by atoms with E-state index in [0.29, 0.717) is 43.7 Å². The molecule has 1 saturated heterocycles. The molecule has 0 aromatic carbocycles. The maximum Gasteiger partial charge on any atom is 0.245 e. The van der Waals surface area contributed by atoms with Crippen LogP contribution in [0, 0.1) is 6.92 Å². The maximum absolute atomic E-state index is 12.2. The summed E-state index contributed by atoms with van der Waals surface area (Å²) in [5.41, 5.74) is 0.796. The molecule has 0 radical (unpaired) electrons. The van der Waals surface area contributed by atoms with Crippen molar-refractivity contribution in [1.82, 2.24) is 15.3 Å². The van der Waals surface area contributed by atoms with Crippen molar-refractivity contribution in [2.45, 2.75) is 33.2 Å². The zero-order valence-electron chi connectivity index (χ0n) is 12.6. The number of carbonyl (C=O) groups is 1. The Hall–Kier alpha value is -1.40. The number of ether oxygens (including phenoxy) is 1. The SMILES string of the molecule is CCNC(=O)C1COCCN1c1nc(CC)nc(Cl)c1C. The average molecular weight is 313 g/mol. The van der Waals surface area contributed by atoms with Crippen LogP contribution >= 0.6 is 11.6 Å². The smallest absolute Gasteiger partial charge is 0.245 e. The first kappa shape index (κ1) is 16.0. The van der Waals surface area contributed by atoms with Crippen molar-refractivity contribution in [3.8, 4) is 0 Å². The monoisotopic (exact) mass is 312 g/mol. The maximum atomic E-state index is 12.2. The van der Waals surface area contributed by atoms with E-state index in [-0.39, 0.29) is 11.9 Å². The third-order valence-corrected chi connectivity index (χ3v) is 3.85. The number of aromatic nitrogens is 2. The third-order valence-electron chi connectivity index (χ3n) is 3.48. The Labute approximate surface area is 129 Å². The molecule has 0 spiro atoms. The number of amides is 1. The first-order valence-corrected chi connectivity index (χ1v) is 7.61. The predicted octanol–water partition coefficient (Wildman–Crippen LogP) is 1.34. The van der Waals surface area contributed by atoms with Crippen molar-refractivity contribution in [1.29, 1.82) is 0 Å². The van der Waals surface area contributed by atoms with E-state index in [1.165, 1.54) is 0 Å². The molecule has 7 heteroatoms. The van der Waals surface area contributed by atoms with Crippen LogP contribution in [-0.2, 0) is 16.0 Å². The highest BCUT2D eigenvalue weighted by Gasteiger charge is 2.31. The summed E-state index contributed by atoms with van der Waals surface area (Å²) in [6.07, 6.45) is 0.698. The summed E-state index contributed by atoms with van der Waals surface area (Å²) in [6.45, 7) is 7.87. The highest BCUT2D eigenvalue weighted by molar-refractivity contribution is 6.30. The van der Waals surface area contributed by atoms with Crippen molar-refractivity contribution in [3.05, 3.63) is 16.5 Å². The highest BCUT2D eigenvalue weighted by Crippen LogP contribution is 2.26. The van der Waals surface area contributed by atoms with Crippen LogP contribution in [0.1, 0.15) is 25.2 Å². The molecule has 1 fully saturated rings. The van der Waals surface area contributed by atoms with Crippen LogP contribution in [-0.4, -0.2) is 48.2 Å². The first-order valence-electron chi connectivity index (χ1n) is 7.23. The Kier molecular flexibility index (Phi) is 5.36. The second kappa shape index (κ2) is 7.04. The van der Waals surface area contributed by atoms with Crippen molar-refractivity contribution < 1.29 is 9.53 Å². The lowest BCUT2D eigenvalue weighted by atomic mass is 10.2. The minimum absolute atomic E-state index is 0.0515. The topological polar surface area (TPSA) is 67.3 Å². The van der Waals surface area contributed by atoms with Gasteiger partial charge in [0, 0.05) is 25.1 Å². The van der Waals surface area contributed by atoms with E-state index in [0.717, 1.165) is 11.4 Å². The molecule has 0 bridgehead atoms. The Morgan fingerprint density at radius 1 is 1.48 bits per heavy atom. The molecule has 6 nitrogen and oxygen atoms in total. The average Bonchev–Trinajstić information content (AvgIpc) is 2.50. The Morgan fingerprint density at radius 2 is 2.24 bits per heavy atom. The predicted molar refractivity (Wildman–Crippen MR) is 81.8 cm³/mol. The van der Waals surface area contributed by atoms with Crippen LogP contribution < -0.4 is 10.2 Å². The largest absolute Gasteiger partial charge is 0.377 e. The fourth-order valence-electron chi connectivity index (χ4n) is 2.32. The minimum atomic E-state index is -0.381. The van der Waals surface area contributed by atoms with Crippen molar-refractivity contribution in [2.24, 2.45) is 0 Å². The molecule has 1 atom stereocenters. The summed E-state index contributed by atoms with van der Waals surface area (Å²) in [5.74, 6) is 1.36. The summed E-state index contributed by atoms with van der Waals surface area (Å²) in [7, 11) is 0. The Balaban J connectivity index is 2.37. The number of morpholine rings is 1. The van der Waals surface area contributed by atoms with Gasteiger partial charge in [0.15, 0.2) is 0 Å². The molecule has 0 aliphatic carbocycles. The number of carbonyl (C=O) groups excluding carboxylic acids is 1. The van der Waals surface area contributed by atoms with Gasteiger partial charge in [0.1, 0.15) is 22.8 Å². The quantitative estimate of drug-likeness (QED) is 0.850. The molecule has 1 amide bonds. The molecule has 116 valence electrons. The van der Waals surface area contributed by atoms with Crippen LogP contribution in [0.2, 0.25) is 5.15 Å². The van der Waals surface area contributed by atoms with Crippen molar-refractivity contribution >= 4 is 23.3 Å². The molecule has 1 unspecified atom stereocenters. The van der Waals surface area contributed by atoms with Crippen LogP contribution in [0.15, 0.2) is 0 Å². The molecule has 1 aromatic rings. The molecular weight excluding hydrogens is 292 g/mol. The molecule has 1 aliphatic heterocycles. The number of anilines is 1. The van der Waals surface area contributed by atoms with E-state index >= 15 is 0 Å². The second-order valence-electron chi connectivity index (χ2n) is 4.91. The fourth-order valence-corrected chi connectivity index (χ4v) is 2.51. The normalized spacial score (nSPS) is 18.7. The number of nitrogens with zero attached hydrogens (tertiary/aromatic N) is 3. The molecule has 2 rings (SSSR count). The van der Waals surface area contributed by atoms with Gasteiger partial charge in [0.05, 0.1) is 13.2 Å². The van der Waals surface area contributed by atoms with Crippen LogP contribution in [0.4, 0.5) is 5.82 Å². The van der Waals surface area contributed by atoms with Gasteiger partial charge in [-0.2, -0.15) is 0 Å². The number of hydrogen-bond acceptors (Lipinski definition) is 5. The van der Waals surface area contributed by atoms with E-state index in [2.05, 4.69) is 15.3 Å². The van der Waals surface area contributed by atoms with Crippen molar-refractivity contribution in [3.63, 3.8) is 0 Å². The molecule has 1 aromatic heterocycles. The number of nitrogens with one attached hydrogen (secondary N) is 1. The van der Waals surface area contributed by atoms with Gasteiger partial charge in [-0.15, -0.1) is 0 Å². The van der Waals surface area contributed by atoms with Gasteiger partial charge in [-0.25, -0.2) is 9.97 Å². The number of rotatable bonds is 4. The van der Waals surface area contributed by atoms with Gasteiger partial charge in [0.25, 0.3) is 0 Å². The number of halogens is 1. The molecule has 2 heterocycles. The summed E-state index contributed by atoms with van der Waals surface area (Å²) in [4.78, 5) is 23.0.